The molecule has 0 aromatic heterocycles. The molecule has 0 aliphatic rings. The minimum Gasteiger partial charge on any atom is -0.496 e. The highest BCUT2D eigenvalue weighted by Crippen LogP contribution is 2.32. The molecule has 2 aromatic carbocycles. The quantitative estimate of drug-likeness (QED) is 0.587. The van der Waals surface area contributed by atoms with Gasteiger partial charge in [-0.1, -0.05) is 32.9 Å². The monoisotopic (exact) mass is 460 g/mol. The number of ether oxygens (including phenoxy) is 1. The zero-order chi connectivity index (χ0) is 24.2. The van der Waals surface area contributed by atoms with Crippen LogP contribution in [0.3, 0.4) is 0 Å². The second kappa shape index (κ2) is 10.4. The van der Waals surface area contributed by atoms with E-state index in [4.69, 9.17) is 4.74 Å². The lowest BCUT2D eigenvalue weighted by Crippen LogP contribution is -2.48. The molecule has 0 aliphatic heterocycles. The fourth-order valence-electron chi connectivity index (χ4n) is 3.91. The van der Waals surface area contributed by atoms with Crippen molar-refractivity contribution in [2.75, 3.05) is 17.7 Å². The van der Waals surface area contributed by atoms with E-state index in [1.54, 1.807) is 26.2 Å². The van der Waals surface area contributed by atoms with Crippen molar-refractivity contribution in [3.8, 4) is 5.75 Å². The molecule has 2 rings (SSSR count). The third-order valence-electron chi connectivity index (χ3n) is 5.75. The van der Waals surface area contributed by atoms with E-state index in [9.17, 15) is 13.2 Å². The summed E-state index contributed by atoms with van der Waals surface area (Å²) in [6.07, 6.45) is 1.97. The molecule has 0 radical (unpaired) electrons. The summed E-state index contributed by atoms with van der Waals surface area (Å²) in [5.41, 5.74) is 4.62. The third kappa shape index (κ3) is 5.82. The van der Waals surface area contributed by atoms with Gasteiger partial charge in [0.25, 0.3) is 0 Å². The van der Waals surface area contributed by atoms with E-state index in [0.29, 0.717) is 5.69 Å². The van der Waals surface area contributed by atoms with Crippen molar-refractivity contribution in [1.82, 2.24) is 5.32 Å². The maximum atomic E-state index is 13.1. The zero-order valence-electron chi connectivity index (χ0n) is 20.4. The van der Waals surface area contributed by atoms with Gasteiger partial charge in [-0.25, -0.2) is 8.42 Å². The molecule has 2 atom stereocenters. The largest absolute Gasteiger partial charge is 0.496 e. The number of carbonyl (C=O) groups is 1. The summed E-state index contributed by atoms with van der Waals surface area (Å²) in [6, 6.07) is 10.1. The highest BCUT2D eigenvalue weighted by molar-refractivity contribution is 7.92. The van der Waals surface area contributed by atoms with Crippen LogP contribution in [0.25, 0.3) is 0 Å². The lowest BCUT2D eigenvalue weighted by Gasteiger charge is -2.30. The van der Waals surface area contributed by atoms with Crippen LogP contribution in [0.1, 0.15) is 68.8 Å². The highest BCUT2D eigenvalue weighted by Gasteiger charge is 2.30. The number of benzene rings is 2. The molecule has 0 saturated heterocycles. The average molecular weight is 461 g/mol. The van der Waals surface area contributed by atoms with E-state index >= 15 is 0 Å². The Labute approximate surface area is 193 Å². The first-order chi connectivity index (χ1) is 14.9. The number of nitrogens with one attached hydrogen (secondary N) is 1. The van der Waals surface area contributed by atoms with Gasteiger partial charge in [0.05, 0.1) is 25.1 Å². The number of hydrogen-bond donors (Lipinski definition) is 1. The lowest BCUT2D eigenvalue weighted by atomic mass is 9.93. The second-order valence-electron chi connectivity index (χ2n) is 8.59. The Morgan fingerprint density at radius 1 is 1.06 bits per heavy atom. The molecule has 7 heteroatoms. The first kappa shape index (κ1) is 25.7. The average Bonchev–Trinajstić information content (AvgIpc) is 2.72. The van der Waals surface area contributed by atoms with Crippen LogP contribution >= 0.6 is 0 Å². The molecule has 0 aliphatic carbocycles. The topological polar surface area (TPSA) is 75.7 Å². The van der Waals surface area contributed by atoms with Crippen LogP contribution in [0.4, 0.5) is 5.69 Å². The molecular formula is C25H36N2O4S. The number of aryl methyl sites for hydroxylation is 2. The summed E-state index contributed by atoms with van der Waals surface area (Å²) >= 11 is 0. The molecule has 0 heterocycles. The van der Waals surface area contributed by atoms with Crippen LogP contribution in [-0.4, -0.2) is 33.7 Å². The summed E-state index contributed by atoms with van der Waals surface area (Å²) in [6.45, 7) is 11.7. The summed E-state index contributed by atoms with van der Waals surface area (Å²) in [7, 11) is -2.01. The molecule has 0 unspecified atom stereocenters. The number of carbonyl (C=O) groups excluding carboxylic acids is 1. The van der Waals surface area contributed by atoms with E-state index in [1.165, 1.54) is 4.31 Å². The molecule has 176 valence electrons. The highest BCUT2D eigenvalue weighted by atomic mass is 32.2. The molecule has 0 spiro atoms. The number of anilines is 1. The van der Waals surface area contributed by atoms with Crippen molar-refractivity contribution in [2.45, 2.75) is 66.0 Å². The summed E-state index contributed by atoms with van der Waals surface area (Å²) in [4.78, 5) is 13.1. The number of methoxy groups -OCH3 is 1. The Kier molecular flexibility index (Phi) is 8.35. The van der Waals surface area contributed by atoms with E-state index in [-0.39, 0.29) is 17.9 Å². The van der Waals surface area contributed by atoms with Crippen molar-refractivity contribution in [2.24, 2.45) is 0 Å². The normalized spacial score (nSPS) is 13.5. The van der Waals surface area contributed by atoms with Gasteiger partial charge in [-0.05, 0) is 79.6 Å². The standard InChI is InChI=1S/C25H36N2O4S/c1-9-20-10-12-21(13-11-20)27(32(8,29)30)19(6)25(28)26-18(5)23-15-22(16(2)3)24(31-7)14-17(23)4/h10-16,18-19H,9H2,1-8H3,(H,26,28)/t18-,19+/m0/s1. The van der Waals surface area contributed by atoms with Gasteiger partial charge in [-0.2, -0.15) is 0 Å². The van der Waals surface area contributed by atoms with Crippen molar-refractivity contribution >= 4 is 21.6 Å². The molecule has 0 fully saturated rings. The fourth-order valence-corrected chi connectivity index (χ4v) is 5.08. The number of rotatable bonds is 9. The number of sulfonamides is 1. The van der Waals surface area contributed by atoms with Gasteiger partial charge in [-0.3, -0.25) is 9.10 Å². The van der Waals surface area contributed by atoms with Crippen LogP contribution in [0.2, 0.25) is 0 Å². The molecule has 2 aromatic rings. The molecule has 1 N–H and O–H groups in total. The Hall–Kier alpha value is -2.54. The molecular weight excluding hydrogens is 424 g/mol. The Morgan fingerprint density at radius 2 is 1.66 bits per heavy atom. The molecule has 1 amide bonds. The molecule has 32 heavy (non-hydrogen) atoms. The number of hydrogen-bond acceptors (Lipinski definition) is 4. The third-order valence-corrected chi connectivity index (χ3v) is 6.99. The zero-order valence-corrected chi connectivity index (χ0v) is 21.2. The molecule has 0 saturated carbocycles. The van der Waals surface area contributed by atoms with Gasteiger partial charge >= 0.3 is 0 Å². The van der Waals surface area contributed by atoms with E-state index in [0.717, 1.165) is 40.7 Å². The van der Waals surface area contributed by atoms with Gasteiger partial charge in [0.2, 0.25) is 15.9 Å². The van der Waals surface area contributed by atoms with Crippen molar-refractivity contribution in [3.63, 3.8) is 0 Å². The van der Waals surface area contributed by atoms with Crippen LogP contribution < -0.4 is 14.4 Å². The Bertz CT molecular complexity index is 1050. The lowest BCUT2D eigenvalue weighted by molar-refractivity contribution is -0.122. The first-order valence-corrected chi connectivity index (χ1v) is 12.8. The van der Waals surface area contributed by atoms with Gasteiger partial charge in [0.1, 0.15) is 11.8 Å². The summed E-state index contributed by atoms with van der Waals surface area (Å²) in [5.74, 6) is 0.730. The SMILES string of the molecule is CCc1ccc(N([C@H](C)C(=O)N[C@@H](C)c2cc(C(C)C)c(OC)cc2C)S(C)(=O)=O)cc1. The maximum absolute atomic E-state index is 13.1. The predicted octanol–water partition coefficient (Wildman–Crippen LogP) is 4.72. The minimum atomic E-state index is -3.66. The van der Waals surface area contributed by atoms with E-state index < -0.39 is 16.1 Å². The van der Waals surface area contributed by atoms with Gasteiger partial charge in [-0.15, -0.1) is 0 Å². The predicted molar refractivity (Wildman–Crippen MR) is 131 cm³/mol. The number of amides is 1. The minimum absolute atomic E-state index is 0.262. The fraction of sp³-hybridized carbons (Fsp3) is 0.480. The van der Waals surface area contributed by atoms with E-state index in [1.807, 2.05) is 39.0 Å². The summed E-state index contributed by atoms with van der Waals surface area (Å²) < 4.78 is 31.8. The van der Waals surface area contributed by atoms with Crippen molar-refractivity contribution < 1.29 is 17.9 Å². The first-order valence-electron chi connectivity index (χ1n) is 11.0. The maximum Gasteiger partial charge on any atom is 0.244 e. The van der Waals surface area contributed by atoms with Crippen LogP contribution in [-0.2, 0) is 21.2 Å². The van der Waals surface area contributed by atoms with Gasteiger partial charge in [0.15, 0.2) is 0 Å². The number of nitrogens with zero attached hydrogens (tertiary/aromatic N) is 1. The van der Waals surface area contributed by atoms with Crippen molar-refractivity contribution in [3.05, 3.63) is 58.7 Å². The Morgan fingerprint density at radius 3 is 2.12 bits per heavy atom. The molecule has 6 nitrogen and oxygen atoms in total. The van der Waals surface area contributed by atoms with Crippen LogP contribution in [0.15, 0.2) is 36.4 Å². The van der Waals surface area contributed by atoms with Crippen LogP contribution in [0.5, 0.6) is 5.75 Å². The van der Waals surface area contributed by atoms with E-state index in [2.05, 4.69) is 25.2 Å². The Balaban J connectivity index is 2.32. The molecule has 0 bridgehead atoms. The smallest absolute Gasteiger partial charge is 0.244 e. The second-order valence-corrected chi connectivity index (χ2v) is 10.4. The van der Waals surface area contributed by atoms with Crippen molar-refractivity contribution in [1.29, 1.82) is 0 Å². The summed E-state index contributed by atoms with van der Waals surface area (Å²) in [5, 5.41) is 3.00. The van der Waals surface area contributed by atoms with Gasteiger partial charge < -0.3 is 10.1 Å². The van der Waals surface area contributed by atoms with Gasteiger partial charge in [0, 0.05) is 0 Å². The van der Waals surface area contributed by atoms with Crippen LogP contribution in [0, 0.1) is 6.92 Å².